The summed E-state index contributed by atoms with van der Waals surface area (Å²) in [4.78, 5) is 29.6. The van der Waals surface area contributed by atoms with Crippen LogP contribution in [0.3, 0.4) is 0 Å². The number of benzene rings is 1. The number of carbonyl (C=O) groups excluding carboxylic acids is 1. The first-order valence-electron chi connectivity index (χ1n) is 10.3. The van der Waals surface area contributed by atoms with Crippen molar-refractivity contribution in [2.75, 3.05) is 0 Å². The molecule has 7 nitrogen and oxygen atoms in total. The third kappa shape index (κ3) is 4.23. The van der Waals surface area contributed by atoms with E-state index in [4.69, 9.17) is 0 Å². The smallest absolute Gasteiger partial charge is 0.345 e. The third-order valence-corrected chi connectivity index (χ3v) is 5.54. The zero-order chi connectivity index (χ0) is 20.4. The third-order valence-electron chi connectivity index (χ3n) is 5.54. The molecule has 1 amide bonds. The Balaban J connectivity index is 1.42. The summed E-state index contributed by atoms with van der Waals surface area (Å²) < 4.78 is 3.37. The molecule has 0 fully saturated rings. The Morgan fingerprint density at radius 2 is 2.14 bits per heavy atom. The average molecular weight is 393 g/mol. The minimum Gasteiger partial charge on any atom is -0.349 e. The molecule has 0 saturated heterocycles. The highest BCUT2D eigenvalue weighted by Gasteiger charge is 2.22. The van der Waals surface area contributed by atoms with E-state index < -0.39 is 0 Å². The van der Waals surface area contributed by atoms with Crippen LogP contribution in [0.4, 0.5) is 0 Å². The molecule has 0 bridgehead atoms. The lowest BCUT2D eigenvalue weighted by Gasteiger charge is -2.16. The fraction of sp³-hybridized carbons (Fsp3) is 0.455. The van der Waals surface area contributed by atoms with Gasteiger partial charge in [0.25, 0.3) is 5.91 Å². The van der Waals surface area contributed by atoms with Crippen LogP contribution >= 0.6 is 0 Å². The van der Waals surface area contributed by atoms with Gasteiger partial charge in [0.15, 0.2) is 0 Å². The number of hydrogen-bond acceptors (Lipinski definition) is 4. The predicted octanol–water partition coefficient (Wildman–Crippen LogP) is 2.77. The standard InChI is InChI=1S/C22H27N5O2/c1-15(2)9-13-27-22(29)26-12-10-18(6-8-20(26)25-27)24-21(28)17-5-7-19-16(14-17)4-3-11-23-19/h3-5,7,11,14-15,18H,6,8-10,12-13H2,1-2H3,(H,24,28). The molecule has 1 aliphatic heterocycles. The Labute approximate surface area is 169 Å². The van der Waals surface area contributed by atoms with E-state index in [0.29, 0.717) is 31.0 Å². The second-order valence-electron chi connectivity index (χ2n) is 8.16. The summed E-state index contributed by atoms with van der Waals surface area (Å²) in [5.74, 6) is 1.27. The first-order valence-corrected chi connectivity index (χ1v) is 10.3. The maximum Gasteiger partial charge on any atom is 0.345 e. The van der Waals surface area contributed by atoms with E-state index >= 15 is 0 Å². The van der Waals surface area contributed by atoms with E-state index in [2.05, 4.69) is 29.2 Å². The highest BCUT2D eigenvalue weighted by molar-refractivity contribution is 5.98. The van der Waals surface area contributed by atoms with E-state index in [-0.39, 0.29) is 17.6 Å². The van der Waals surface area contributed by atoms with Gasteiger partial charge in [-0.2, -0.15) is 5.10 Å². The van der Waals surface area contributed by atoms with Gasteiger partial charge in [-0.05, 0) is 49.4 Å². The second kappa shape index (κ2) is 8.19. The van der Waals surface area contributed by atoms with Crippen molar-refractivity contribution in [2.24, 2.45) is 5.92 Å². The summed E-state index contributed by atoms with van der Waals surface area (Å²) in [5, 5.41) is 8.61. The summed E-state index contributed by atoms with van der Waals surface area (Å²) in [6, 6.07) is 9.38. The Hall–Kier alpha value is -2.96. The van der Waals surface area contributed by atoms with E-state index in [0.717, 1.165) is 36.0 Å². The molecule has 29 heavy (non-hydrogen) atoms. The van der Waals surface area contributed by atoms with Crippen LogP contribution in [0.15, 0.2) is 41.3 Å². The molecular formula is C22H27N5O2. The van der Waals surface area contributed by atoms with Gasteiger partial charge in [0.2, 0.25) is 0 Å². The van der Waals surface area contributed by atoms with Crippen LogP contribution in [-0.4, -0.2) is 31.3 Å². The highest BCUT2D eigenvalue weighted by atomic mass is 16.2. The molecule has 0 radical (unpaired) electrons. The summed E-state index contributed by atoms with van der Waals surface area (Å²) in [6.45, 7) is 5.53. The topological polar surface area (TPSA) is 81.8 Å². The van der Waals surface area contributed by atoms with Crippen LogP contribution < -0.4 is 11.0 Å². The van der Waals surface area contributed by atoms with Gasteiger partial charge in [0, 0.05) is 42.7 Å². The van der Waals surface area contributed by atoms with Crippen molar-refractivity contribution in [3.8, 4) is 0 Å². The molecule has 4 rings (SSSR count). The lowest BCUT2D eigenvalue weighted by Crippen LogP contribution is -2.35. The van der Waals surface area contributed by atoms with Gasteiger partial charge in [-0.15, -0.1) is 0 Å². The van der Waals surface area contributed by atoms with Gasteiger partial charge in [0.05, 0.1) is 5.52 Å². The van der Waals surface area contributed by atoms with Crippen LogP contribution in [0.1, 0.15) is 49.3 Å². The maximum atomic E-state index is 12.7. The van der Waals surface area contributed by atoms with E-state index in [1.165, 1.54) is 0 Å². The van der Waals surface area contributed by atoms with E-state index in [9.17, 15) is 9.59 Å². The Kier molecular flexibility index (Phi) is 5.47. The molecule has 7 heteroatoms. The van der Waals surface area contributed by atoms with Crippen molar-refractivity contribution in [2.45, 2.75) is 58.7 Å². The zero-order valence-electron chi connectivity index (χ0n) is 17.0. The van der Waals surface area contributed by atoms with Crippen molar-refractivity contribution < 1.29 is 4.79 Å². The Bertz CT molecular complexity index is 1080. The maximum absolute atomic E-state index is 12.7. The van der Waals surface area contributed by atoms with Gasteiger partial charge in [0.1, 0.15) is 5.82 Å². The van der Waals surface area contributed by atoms with Crippen LogP contribution in [0, 0.1) is 5.92 Å². The molecule has 3 heterocycles. The molecule has 0 spiro atoms. The molecule has 1 atom stereocenters. The second-order valence-corrected chi connectivity index (χ2v) is 8.16. The molecular weight excluding hydrogens is 366 g/mol. The number of carbonyl (C=O) groups is 1. The first kappa shape index (κ1) is 19.4. The molecule has 1 aromatic carbocycles. The molecule has 0 aliphatic carbocycles. The highest BCUT2D eigenvalue weighted by Crippen LogP contribution is 2.16. The molecule has 1 unspecified atom stereocenters. The predicted molar refractivity (Wildman–Crippen MR) is 112 cm³/mol. The Morgan fingerprint density at radius 3 is 2.97 bits per heavy atom. The number of hydrogen-bond donors (Lipinski definition) is 1. The molecule has 1 aliphatic rings. The molecule has 2 aromatic heterocycles. The fourth-order valence-electron chi connectivity index (χ4n) is 3.78. The van der Waals surface area contributed by atoms with Crippen molar-refractivity contribution >= 4 is 16.8 Å². The van der Waals surface area contributed by atoms with Gasteiger partial charge in [-0.3, -0.25) is 14.3 Å². The minimum atomic E-state index is -0.0883. The molecule has 3 aromatic rings. The summed E-state index contributed by atoms with van der Waals surface area (Å²) in [5.41, 5.74) is 1.47. The van der Waals surface area contributed by atoms with Crippen molar-refractivity contribution in [3.05, 3.63) is 58.4 Å². The van der Waals surface area contributed by atoms with Gasteiger partial charge < -0.3 is 5.32 Å². The van der Waals surface area contributed by atoms with Crippen molar-refractivity contribution in [1.29, 1.82) is 0 Å². The quantitative estimate of drug-likeness (QED) is 0.723. The lowest BCUT2D eigenvalue weighted by atomic mass is 10.1. The number of nitrogens with one attached hydrogen (secondary N) is 1. The largest absolute Gasteiger partial charge is 0.349 e. The zero-order valence-corrected chi connectivity index (χ0v) is 17.0. The summed E-state index contributed by atoms with van der Waals surface area (Å²) >= 11 is 0. The SMILES string of the molecule is CC(C)CCn1nc2n(c1=O)CCC(NC(=O)c1ccc3ncccc3c1)CC2. The van der Waals surface area contributed by atoms with Crippen LogP contribution in [0.5, 0.6) is 0 Å². The molecule has 1 N–H and O–H groups in total. The van der Waals surface area contributed by atoms with Crippen LogP contribution in [-0.2, 0) is 19.5 Å². The molecule has 152 valence electrons. The summed E-state index contributed by atoms with van der Waals surface area (Å²) in [6.07, 6.45) is 4.88. The van der Waals surface area contributed by atoms with Gasteiger partial charge >= 0.3 is 5.69 Å². The van der Waals surface area contributed by atoms with Gasteiger partial charge in [-0.25, -0.2) is 9.48 Å². The number of rotatable bonds is 5. The van der Waals surface area contributed by atoms with Crippen LogP contribution in [0.2, 0.25) is 0 Å². The number of pyridine rings is 1. The monoisotopic (exact) mass is 393 g/mol. The van der Waals surface area contributed by atoms with Crippen molar-refractivity contribution in [3.63, 3.8) is 0 Å². The minimum absolute atomic E-state index is 0.0253. The first-order chi connectivity index (χ1) is 14.0. The lowest BCUT2D eigenvalue weighted by molar-refractivity contribution is 0.0933. The number of aryl methyl sites for hydroxylation is 2. The summed E-state index contributed by atoms with van der Waals surface area (Å²) in [7, 11) is 0. The van der Waals surface area contributed by atoms with Gasteiger partial charge in [-0.1, -0.05) is 19.9 Å². The van der Waals surface area contributed by atoms with Crippen LogP contribution in [0.25, 0.3) is 10.9 Å². The average Bonchev–Trinajstić information content (AvgIpc) is 2.88. The number of aromatic nitrogens is 4. The Morgan fingerprint density at radius 1 is 1.28 bits per heavy atom. The van der Waals surface area contributed by atoms with E-state index in [1.807, 2.05) is 24.3 Å². The number of fused-ring (bicyclic) bond motifs is 2. The molecule has 0 saturated carbocycles. The van der Waals surface area contributed by atoms with Crippen molar-refractivity contribution in [1.82, 2.24) is 24.6 Å². The normalized spacial score (nSPS) is 16.6. The fourth-order valence-corrected chi connectivity index (χ4v) is 3.78. The van der Waals surface area contributed by atoms with E-state index in [1.54, 1.807) is 21.5 Å². The number of nitrogens with zero attached hydrogens (tertiary/aromatic N) is 4. The number of amides is 1.